The first-order valence-corrected chi connectivity index (χ1v) is 7.91. The van der Waals surface area contributed by atoms with Gasteiger partial charge < -0.3 is 15.7 Å². The molecule has 1 aromatic rings. The first-order chi connectivity index (χ1) is 10.1. The van der Waals surface area contributed by atoms with Gasteiger partial charge in [-0.05, 0) is 37.1 Å². The Kier molecular flexibility index (Phi) is 5.61. The summed E-state index contributed by atoms with van der Waals surface area (Å²) < 4.78 is 0.933. The first kappa shape index (κ1) is 15.8. The number of carbonyl (C=O) groups is 2. The molecule has 6 heteroatoms. The summed E-state index contributed by atoms with van der Waals surface area (Å²) in [5.74, 6) is -1.32. The van der Waals surface area contributed by atoms with Gasteiger partial charge in [0.25, 0.3) is 0 Å². The van der Waals surface area contributed by atoms with E-state index in [0.717, 1.165) is 23.7 Å². The van der Waals surface area contributed by atoms with E-state index in [9.17, 15) is 14.7 Å². The predicted molar refractivity (Wildman–Crippen MR) is 84.3 cm³/mol. The van der Waals surface area contributed by atoms with Crippen molar-refractivity contribution in [3.05, 3.63) is 28.7 Å². The van der Waals surface area contributed by atoms with Crippen LogP contribution in [0.25, 0.3) is 0 Å². The van der Waals surface area contributed by atoms with E-state index in [1.165, 1.54) is 0 Å². The molecule has 0 saturated heterocycles. The molecule has 0 aromatic heterocycles. The molecule has 21 heavy (non-hydrogen) atoms. The predicted octanol–water partition coefficient (Wildman–Crippen LogP) is 3.60. The fraction of sp³-hybridized carbons (Fsp3) is 0.467. The minimum Gasteiger partial charge on any atom is -0.481 e. The van der Waals surface area contributed by atoms with Crippen LogP contribution in [-0.4, -0.2) is 23.1 Å². The second kappa shape index (κ2) is 7.45. The van der Waals surface area contributed by atoms with Crippen molar-refractivity contribution < 1.29 is 14.7 Å². The molecule has 0 radical (unpaired) electrons. The zero-order valence-corrected chi connectivity index (χ0v) is 13.2. The average molecular weight is 355 g/mol. The molecule has 5 nitrogen and oxygen atoms in total. The lowest BCUT2D eigenvalue weighted by molar-refractivity contribution is -0.142. The van der Waals surface area contributed by atoms with E-state index in [0.29, 0.717) is 18.5 Å². The van der Waals surface area contributed by atoms with Gasteiger partial charge in [-0.1, -0.05) is 35.2 Å². The highest BCUT2D eigenvalue weighted by Gasteiger charge is 2.30. The molecule has 2 atom stereocenters. The quantitative estimate of drug-likeness (QED) is 0.725. The maximum Gasteiger partial charge on any atom is 0.319 e. The van der Waals surface area contributed by atoms with Gasteiger partial charge in [-0.2, -0.15) is 0 Å². The maximum absolute atomic E-state index is 12.0. The second-order valence-corrected chi connectivity index (χ2v) is 6.21. The average Bonchev–Trinajstić information content (AvgIpc) is 2.67. The fourth-order valence-corrected chi connectivity index (χ4v) is 2.91. The molecule has 0 spiro atoms. The van der Waals surface area contributed by atoms with E-state index in [1.807, 2.05) is 12.1 Å². The molecular formula is C15H19BrN2O3. The molecule has 2 rings (SSSR count). The Bertz CT molecular complexity index is 504. The number of nitrogens with one attached hydrogen (secondary N) is 2. The number of hydrogen-bond acceptors (Lipinski definition) is 2. The molecule has 2 unspecified atom stereocenters. The highest BCUT2D eigenvalue weighted by molar-refractivity contribution is 9.10. The Balaban J connectivity index is 1.96. The minimum absolute atomic E-state index is 0.305. The first-order valence-electron chi connectivity index (χ1n) is 7.12. The lowest BCUT2D eigenvalue weighted by atomic mass is 9.95. The van der Waals surface area contributed by atoms with Gasteiger partial charge in [0.1, 0.15) is 0 Å². The van der Waals surface area contributed by atoms with Crippen LogP contribution in [0.5, 0.6) is 0 Å². The van der Waals surface area contributed by atoms with Crippen LogP contribution in [0.2, 0.25) is 0 Å². The standard InChI is InChI=1S/C15H19BrN2O3/c16-10-6-8-11(9-7-10)17-15(21)18-13-5-3-1-2-4-12(13)14(19)20/h6-9,12-13H,1-5H2,(H,19,20)(H2,17,18,21). The van der Waals surface area contributed by atoms with Crippen molar-refractivity contribution >= 4 is 33.6 Å². The summed E-state index contributed by atoms with van der Waals surface area (Å²) in [5, 5.41) is 14.8. The fourth-order valence-electron chi connectivity index (χ4n) is 2.64. The van der Waals surface area contributed by atoms with Crippen LogP contribution in [0.3, 0.4) is 0 Å². The Morgan fingerprint density at radius 2 is 1.76 bits per heavy atom. The van der Waals surface area contributed by atoms with Crippen molar-refractivity contribution in [3.8, 4) is 0 Å². The molecule has 1 aliphatic carbocycles. The Labute approximate surface area is 132 Å². The SMILES string of the molecule is O=C(Nc1ccc(Br)cc1)NC1CCCCCC1C(=O)O. The number of aliphatic carboxylic acids is 1. The lowest BCUT2D eigenvalue weighted by Crippen LogP contribution is -2.44. The monoisotopic (exact) mass is 354 g/mol. The van der Waals surface area contributed by atoms with Gasteiger partial charge in [0.2, 0.25) is 0 Å². The third kappa shape index (κ3) is 4.74. The van der Waals surface area contributed by atoms with E-state index in [-0.39, 0.29) is 12.1 Å². The van der Waals surface area contributed by atoms with Crippen molar-refractivity contribution in [2.75, 3.05) is 5.32 Å². The van der Waals surface area contributed by atoms with E-state index >= 15 is 0 Å². The summed E-state index contributed by atoms with van der Waals surface area (Å²) in [6.07, 6.45) is 4.22. The zero-order valence-electron chi connectivity index (χ0n) is 11.6. The zero-order chi connectivity index (χ0) is 15.2. The van der Waals surface area contributed by atoms with Gasteiger partial charge >= 0.3 is 12.0 Å². The molecule has 1 aromatic carbocycles. The van der Waals surface area contributed by atoms with E-state index in [1.54, 1.807) is 12.1 Å². The van der Waals surface area contributed by atoms with Crippen molar-refractivity contribution in [2.45, 2.75) is 38.1 Å². The molecule has 0 bridgehead atoms. The highest BCUT2D eigenvalue weighted by Crippen LogP contribution is 2.24. The number of hydrogen-bond donors (Lipinski definition) is 3. The molecule has 3 N–H and O–H groups in total. The smallest absolute Gasteiger partial charge is 0.319 e. The van der Waals surface area contributed by atoms with Crippen LogP contribution in [-0.2, 0) is 4.79 Å². The topological polar surface area (TPSA) is 78.4 Å². The van der Waals surface area contributed by atoms with Gasteiger partial charge in [0.15, 0.2) is 0 Å². The van der Waals surface area contributed by atoms with Crippen LogP contribution in [0.1, 0.15) is 32.1 Å². The molecule has 1 saturated carbocycles. The summed E-state index contributed by atoms with van der Waals surface area (Å²) in [4.78, 5) is 23.3. The molecular weight excluding hydrogens is 336 g/mol. The number of benzene rings is 1. The molecule has 0 heterocycles. The lowest BCUT2D eigenvalue weighted by Gasteiger charge is -2.23. The number of carbonyl (C=O) groups excluding carboxylic acids is 1. The summed E-state index contributed by atoms with van der Waals surface area (Å²) in [6, 6.07) is 6.58. The van der Waals surface area contributed by atoms with Crippen LogP contribution in [0.4, 0.5) is 10.5 Å². The second-order valence-electron chi connectivity index (χ2n) is 5.29. The van der Waals surface area contributed by atoms with Gasteiger partial charge in [0.05, 0.1) is 5.92 Å². The number of rotatable bonds is 3. The van der Waals surface area contributed by atoms with Crippen molar-refractivity contribution in [2.24, 2.45) is 5.92 Å². The third-order valence-electron chi connectivity index (χ3n) is 3.75. The maximum atomic E-state index is 12.0. The number of anilines is 1. The number of urea groups is 1. The minimum atomic E-state index is -0.828. The van der Waals surface area contributed by atoms with E-state index < -0.39 is 11.9 Å². The Hall–Kier alpha value is -1.56. The van der Waals surface area contributed by atoms with Gasteiger partial charge in [0, 0.05) is 16.2 Å². The highest BCUT2D eigenvalue weighted by atomic mass is 79.9. The van der Waals surface area contributed by atoms with Crippen molar-refractivity contribution in [1.29, 1.82) is 0 Å². The van der Waals surface area contributed by atoms with Gasteiger partial charge in [-0.25, -0.2) is 4.79 Å². The number of halogens is 1. The van der Waals surface area contributed by atoms with Crippen LogP contribution >= 0.6 is 15.9 Å². The molecule has 0 aliphatic heterocycles. The van der Waals surface area contributed by atoms with Crippen molar-refractivity contribution in [3.63, 3.8) is 0 Å². The molecule has 2 amide bonds. The summed E-state index contributed by atoms with van der Waals surface area (Å²) in [6.45, 7) is 0. The number of carboxylic acid groups (broad SMARTS) is 1. The summed E-state index contributed by atoms with van der Waals surface area (Å²) in [7, 11) is 0. The van der Waals surface area contributed by atoms with Gasteiger partial charge in [-0.3, -0.25) is 4.79 Å². The molecule has 114 valence electrons. The Morgan fingerprint density at radius 3 is 2.43 bits per heavy atom. The number of carboxylic acids is 1. The van der Waals surface area contributed by atoms with Crippen LogP contribution < -0.4 is 10.6 Å². The summed E-state index contributed by atoms with van der Waals surface area (Å²) >= 11 is 3.33. The normalized spacial score (nSPS) is 22.1. The van der Waals surface area contributed by atoms with Crippen LogP contribution in [0, 0.1) is 5.92 Å². The molecule has 1 fully saturated rings. The van der Waals surface area contributed by atoms with Crippen LogP contribution in [0.15, 0.2) is 28.7 Å². The Morgan fingerprint density at radius 1 is 1.10 bits per heavy atom. The molecule has 1 aliphatic rings. The number of amides is 2. The largest absolute Gasteiger partial charge is 0.481 e. The summed E-state index contributed by atoms with van der Waals surface area (Å²) in [5.41, 5.74) is 0.677. The van der Waals surface area contributed by atoms with E-state index in [2.05, 4.69) is 26.6 Å². The van der Waals surface area contributed by atoms with E-state index in [4.69, 9.17) is 0 Å². The van der Waals surface area contributed by atoms with Gasteiger partial charge in [-0.15, -0.1) is 0 Å². The third-order valence-corrected chi connectivity index (χ3v) is 4.28. The van der Waals surface area contributed by atoms with Crippen molar-refractivity contribution in [1.82, 2.24) is 5.32 Å².